The highest BCUT2D eigenvalue weighted by Gasteiger charge is 2.59. The number of methoxy groups -OCH3 is 2. The molecule has 672 valence electrons. The van der Waals surface area contributed by atoms with Gasteiger partial charge in [-0.2, -0.15) is 10.1 Å². The lowest BCUT2D eigenvalue weighted by atomic mass is 9.45. The lowest BCUT2D eigenvalue weighted by Gasteiger charge is -2.62. The maximum atomic E-state index is 14.5. The number of carbonyl (C=O) groups excluding carboxylic acids is 5. The molecule has 6 aromatic carbocycles. The molecular weight excluding hydrogens is 1550 g/mol. The minimum absolute atomic E-state index is 0.0141. The number of anilines is 1. The molecule has 5 amide bonds. The Kier molecular flexibility index (Phi) is 32.6. The van der Waals surface area contributed by atoms with Crippen LogP contribution in [-0.2, 0) is 56.4 Å². The molecule has 6 aromatic rings. The van der Waals surface area contributed by atoms with Crippen molar-refractivity contribution < 1.29 is 63.5 Å². The average Bonchev–Trinajstić information content (AvgIpc) is 0.867. The molecule has 8 fully saturated rings. The van der Waals surface area contributed by atoms with Gasteiger partial charge in [0.05, 0.1) is 52.7 Å². The number of carbonyl (C=O) groups is 5. The second-order valence-electron chi connectivity index (χ2n) is 39.4. The van der Waals surface area contributed by atoms with Gasteiger partial charge in [0.2, 0.25) is 17.7 Å². The molecule has 23 nitrogen and oxygen atoms in total. The highest BCUT2D eigenvalue weighted by Crippen LogP contribution is 2.62. The largest absolute Gasteiger partial charge is 0.496 e. The molecule has 123 heavy (non-hydrogen) atoms. The molecule has 2 heterocycles. The summed E-state index contributed by atoms with van der Waals surface area (Å²) in [4.78, 5) is 89.2. The molecule has 6 saturated carbocycles. The van der Waals surface area contributed by atoms with Crippen LogP contribution < -0.4 is 36.1 Å². The summed E-state index contributed by atoms with van der Waals surface area (Å²) >= 11 is 0. The maximum absolute atomic E-state index is 14.5. The number of hydrogen-bond acceptors (Lipinski definition) is 18. The Morgan fingerprint density at radius 2 is 0.967 bits per heavy atom. The van der Waals surface area contributed by atoms with E-state index in [1.165, 1.54) is 18.4 Å². The standard InChI is InChI=1S/C56H77N5O6.C44H67N5O7/c1-36-48-30-45(56(48,3)4)31-49(36)58-55(65)52-51(37(2)63)50(35-62)67-61(52)33-42-21-16-22-47(53(42)66-9)43-26-40(23-24-41(32-59(5)6)25-38-17-12-10-13-18-38)27-44(29-43)54(64)57-46(34-60(7)8)28-39-19-14-11-15-20-39;1-24(2)15-33(22-48(9)10)46-42(53)30-16-29(17-32(18-30)45-41(52)25(3)4)34-14-12-13-28(40(34)55-11)21-49-39(38(27(6)51)37(23-50)56-49)43(54)47-36-20-31-19-35(26(36)5)44(31,7)8/h10-22,26-27,29,36-37,41,45-46,48-52,62-63H,23-25,28,30-35H2,1-9H3,(H,57,64)(H,58,65);12-14,16-18,24-27,31,33,35-39,50-51H,15,19-23H2,1-11H3,(H,45,52)(H,46,53)(H,47,54)/t36-,37-,41-,45+,46-,48-,49-,50-,51+,52-;26-,27-,31+,33-,35-,36-,37-,38+,39-/m00/s1. The molecule has 14 rings (SSSR count). The number of likely N-dealkylation sites (N-methyl/N-ethyl adjacent to an activating group) is 2. The summed E-state index contributed by atoms with van der Waals surface area (Å²) < 4.78 is 12.3. The number of aliphatic hydroxyl groups is 4. The second-order valence-corrected chi connectivity index (χ2v) is 39.4. The van der Waals surface area contributed by atoms with Crippen LogP contribution in [0.1, 0.15) is 170 Å². The molecule has 8 aliphatic rings. The number of fused-ring (bicyclic) bond motifs is 4. The predicted molar refractivity (Wildman–Crippen MR) is 485 cm³/mol. The molecular formula is C100H144N10O13. The smallest absolute Gasteiger partial charge is 0.251 e. The maximum Gasteiger partial charge on any atom is 0.251 e. The SMILES string of the molecule is COc1c(CN2O[C@@H](CO)[C@@H]([C@H](C)O)[C@H]2C(=O)N[C@H]2C[C@H]3C[C@@H]([C@@H]2C)C3(C)C)cccc1-c1cc(CC[C@@H](Cc2ccccc2)CN(C)C)cc(C(=O)N[C@@H](Cc2ccccc2)CN(C)C)c1.COc1c(CN2O[C@@H](CO)[C@@H]([C@H](C)O)[C@H]2C(=O)N[C@H]2C[C@H]3C[C@@H]([C@@H]2C)C3(C)C)cccc1-c1cc(NC(=O)C(C)C)cc(C(=O)N[C@@H](CC(C)C)CN(C)C)c1. The normalized spacial score (nSPS) is 25.7. The lowest BCUT2D eigenvalue weighted by Crippen LogP contribution is -2.62. The van der Waals surface area contributed by atoms with Gasteiger partial charge in [-0.15, -0.1) is 0 Å². The number of nitrogens with one attached hydrogen (secondary N) is 5. The Morgan fingerprint density at radius 1 is 0.528 bits per heavy atom. The lowest BCUT2D eigenvalue weighted by molar-refractivity contribution is -0.183. The number of benzene rings is 6. The van der Waals surface area contributed by atoms with E-state index in [0.717, 1.165) is 72.9 Å². The van der Waals surface area contributed by atoms with Crippen LogP contribution in [0.3, 0.4) is 0 Å². The van der Waals surface area contributed by atoms with Crippen molar-refractivity contribution in [1.29, 1.82) is 0 Å². The molecule has 23 heteroatoms. The van der Waals surface area contributed by atoms with E-state index in [0.29, 0.717) is 112 Å². The summed E-state index contributed by atoms with van der Waals surface area (Å²) in [5.74, 6) is 2.11. The highest BCUT2D eigenvalue weighted by molar-refractivity contribution is 6.00. The van der Waals surface area contributed by atoms with Crippen molar-refractivity contribution in [3.8, 4) is 33.8 Å². The van der Waals surface area contributed by atoms with E-state index in [1.807, 2.05) is 115 Å². The van der Waals surface area contributed by atoms with Gasteiger partial charge < -0.3 is 71.2 Å². The number of para-hydroxylation sites is 2. The highest BCUT2D eigenvalue weighted by atomic mass is 16.7. The van der Waals surface area contributed by atoms with Gasteiger partial charge in [0.1, 0.15) is 35.8 Å². The number of rotatable bonds is 37. The first-order valence-corrected chi connectivity index (χ1v) is 45.0. The van der Waals surface area contributed by atoms with Crippen molar-refractivity contribution >= 4 is 35.2 Å². The third-order valence-electron chi connectivity index (χ3n) is 28.0. The number of hydrogen-bond donors (Lipinski definition) is 9. The first-order chi connectivity index (χ1) is 58.4. The van der Waals surface area contributed by atoms with Crippen LogP contribution in [0, 0.1) is 75.9 Å². The zero-order chi connectivity index (χ0) is 89.2. The molecule has 0 unspecified atom stereocenters. The van der Waals surface area contributed by atoms with Crippen LogP contribution in [0.2, 0.25) is 0 Å². The Morgan fingerprint density at radius 3 is 1.38 bits per heavy atom. The number of aryl methyl sites for hydroxylation is 1. The first-order valence-electron chi connectivity index (χ1n) is 45.0. The van der Waals surface area contributed by atoms with Gasteiger partial charge in [0.25, 0.3) is 11.8 Å². The fourth-order valence-electron chi connectivity index (χ4n) is 21.4. The van der Waals surface area contributed by atoms with Crippen molar-refractivity contribution in [2.24, 2.45) is 75.9 Å². The molecule has 19 atom stereocenters. The monoisotopic (exact) mass is 1690 g/mol. The Balaban J connectivity index is 0.000000244. The summed E-state index contributed by atoms with van der Waals surface area (Å²) in [6.07, 6.45) is 4.98. The van der Waals surface area contributed by atoms with E-state index >= 15 is 0 Å². The first kappa shape index (κ1) is 95.5. The molecule has 6 aliphatic carbocycles. The van der Waals surface area contributed by atoms with Gasteiger partial charge in [0.15, 0.2) is 0 Å². The fourth-order valence-corrected chi connectivity index (χ4v) is 21.4. The summed E-state index contributed by atoms with van der Waals surface area (Å²) in [6.45, 7) is 26.9. The van der Waals surface area contributed by atoms with Gasteiger partial charge in [-0.1, -0.05) is 172 Å². The number of nitrogens with zero attached hydrogens (tertiary/aromatic N) is 5. The average molecular weight is 1690 g/mol. The van der Waals surface area contributed by atoms with Crippen molar-refractivity contribution in [1.82, 2.24) is 46.1 Å². The van der Waals surface area contributed by atoms with Crippen LogP contribution in [0.25, 0.3) is 22.3 Å². The second kappa shape index (κ2) is 42.0. The van der Waals surface area contributed by atoms with Crippen LogP contribution in [0.5, 0.6) is 11.5 Å². The molecule has 9 N–H and O–H groups in total. The third-order valence-corrected chi connectivity index (χ3v) is 28.0. The number of aliphatic hydroxyl groups excluding tert-OH is 4. The van der Waals surface area contributed by atoms with Crippen molar-refractivity contribution in [2.75, 3.05) is 94.7 Å². The van der Waals surface area contributed by atoms with Crippen molar-refractivity contribution in [3.05, 3.63) is 172 Å². The topological polar surface area (TPSA) is 280 Å². The predicted octanol–water partition coefficient (Wildman–Crippen LogP) is 12.6. The van der Waals surface area contributed by atoms with Crippen molar-refractivity contribution in [2.45, 2.75) is 215 Å². The van der Waals surface area contributed by atoms with Gasteiger partial charge >= 0.3 is 0 Å². The van der Waals surface area contributed by atoms with E-state index < -0.39 is 48.3 Å². The number of amides is 5. The van der Waals surface area contributed by atoms with Gasteiger partial charge in [0, 0.05) is 101 Å². The minimum Gasteiger partial charge on any atom is -0.496 e. The zero-order valence-electron chi connectivity index (χ0n) is 76.8. The van der Waals surface area contributed by atoms with Crippen LogP contribution in [-0.4, -0.2) is 225 Å². The van der Waals surface area contributed by atoms with Crippen LogP contribution in [0.15, 0.2) is 133 Å². The van der Waals surface area contributed by atoms with E-state index in [1.54, 1.807) is 50.3 Å². The Bertz CT molecular complexity index is 4510. The molecule has 0 aromatic heterocycles. The summed E-state index contributed by atoms with van der Waals surface area (Å²) in [5.41, 5.74) is 9.97. The zero-order valence-corrected chi connectivity index (χ0v) is 76.8. The summed E-state index contributed by atoms with van der Waals surface area (Å²) in [6, 6.07) is 42.1. The number of ether oxygens (including phenoxy) is 2. The van der Waals surface area contributed by atoms with E-state index in [4.69, 9.17) is 19.1 Å². The summed E-state index contributed by atoms with van der Waals surface area (Å²) in [7, 11) is 15.5. The molecule has 0 spiro atoms. The number of hydroxylamine groups is 4. The molecule has 2 aliphatic heterocycles. The van der Waals surface area contributed by atoms with E-state index in [-0.39, 0.29) is 96.8 Å². The Labute approximate surface area is 732 Å². The van der Waals surface area contributed by atoms with Crippen LogP contribution in [0.4, 0.5) is 5.69 Å². The van der Waals surface area contributed by atoms with Gasteiger partial charge in [-0.25, -0.2) is 0 Å². The summed E-state index contributed by atoms with van der Waals surface area (Å²) in [5, 5.41) is 62.5. The minimum atomic E-state index is -0.927. The third kappa shape index (κ3) is 23.0. The molecule has 2 saturated heterocycles. The van der Waals surface area contributed by atoms with E-state index in [9.17, 15) is 44.4 Å². The molecule has 4 bridgehead atoms. The van der Waals surface area contributed by atoms with E-state index in [2.05, 4.69) is 159 Å². The van der Waals surface area contributed by atoms with Crippen molar-refractivity contribution in [3.63, 3.8) is 0 Å². The Hall–Kier alpha value is -8.17. The van der Waals surface area contributed by atoms with Gasteiger partial charge in [-0.3, -0.25) is 33.6 Å². The fraction of sp³-hybridized carbons (Fsp3) is 0.590. The molecule has 0 radical (unpaired) electrons. The quantitative estimate of drug-likeness (QED) is 0.0175. The van der Waals surface area contributed by atoms with Crippen LogP contribution >= 0.6 is 0 Å². The van der Waals surface area contributed by atoms with Gasteiger partial charge in [-0.05, 0) is 230 Å².